The summed E-state index contributed by atoms with van der Waals surface area (Å²) in [4.78, 5) is 22.1. The molecule has 1 aliphatic heterocycles. The molecule has 4 N–H and O–H groups in total. The van der Waals surface area contributed by atoms with Crippen molar-refractivity contribution < 1.29 is 29.3 Å². The first-order valence-corrected chi connectivity index (χ1v) is 7.84. The van der Waals surface area contributed by atoms with Gasteiger partial charge < -0.3 is 25.4 Å². The maximum absolute atomic E-state index is 11.3. The zero-order valence-corrected chi connectivity index (χ0v) is 13.0. The minimum Gasteiger partial charge on any atom is -0.485 e. The minimum absolute atomic E-state index is 0.0553. The van der Waals surface area contributed by atoms with Crippen LogP contribution in [0.3, 0.4) is 0 Å². The van der Waals surface area contributed by atoms with Gasteiger partial charge in [-0.25, -0.2) is 4.79 Å². The van der Waals surface area contributed by atoms with Crippen molar-refractivity contribution in [1.29, 1.82) is 0 Å². The Hall–Kier alpha value is -2.54. The van der Waals surface area contributed by atoms with E-state index in [9.17, 15) is 14.7 Å². The lowest BCUT2D eigenvalue weighted by Gasteiger charge is -2.17. The second-order valence-corrected chi connectivity index (χ2v) is 5.98. The van der Waals surface area contributed by atoms with Crippen LogP contribution in [0.25, 0.3) is 5.57 Å². The van der Waals surface area contributed by atoms with Crippen molar-refractivity contribution >= 4 is 17.5 Å². The Kier molecular flexibility index (Phi) is 4.44. The van der Waals surface area contributed by atoms with Crippen LogP contribution in [0.1, 0.15) is 31.2 Å². The van der Waals surface area contributed by atoms with Gasteiger partial charge in [-0.1, -0.05) is 6.08 Å². The summed E-state index contributed by atoms with van der Waals surface area (Å²) in [6, 6.07) is 3.82. The van der Waals surface area contributed by atoms with Gasteiger partial charge in [0.05, 0.1) is 0 Å². The van der Waals surface area contributed by atoms with Crippen LogP contribution in [0, 0.1) is 0 Å². The van der Waals surface area contributed by atoms with Crippen molar-refractivity contribution in [3.63, 3.8) is 0 Å². The van der Waals surface area contributed by atoms with Gasteiger partial charge in [0.1, 0.15) is 23.6 Å². The summed E-state index contributed by atoms with van der Waals surface area (Å²) < 4.78 is 11.4. The molecule has 0 radical (unpaired) electrons. The molecule has 1 heterocycles. The Morgan fingerprint density at radius 1 is 1.33 bits per heavy atom. The second kappa shape index (κ2) is 6.52. The standard InChI is InChI=1S/C17H19NO6/c18-12(16(19)20)8-15(17(21)22)23-9-5-6-14-11(7-9)10-3-1-2-4-13(10)24-14/h3,5-7,12-13,15H,1-2,4,8,18H2,(H,19,20)(H,21,22)/t12-,13?,15?/m0/s1. The van der Waals surface area contributed by atoms with Crippen LogP contribution in [0.15, 0.2) is 24.3 Å². The zero-order valence-electron chi connectivity index (χ0n) is 13.0. The molecule has 0 amide bonds. The second-order valence-electron chi connectivity index (χ2n) is 5.98. The lowest BCUT2D eigenvalue weighted by molar-refractivity contribution is -0.146. The van der Waals surface area contributed by atoms with E-state index in [1.807, 2.05) is 0 Å². The van der Waals surface area contributed by atoms with Crippen LogP contribution >= 0.6 is 0 Å². The highest BCUT2D eigenvalue weighted by Gasteiger charge is 2.31. The van der Waals surface area contributed by atoms with Gasteiger partial charge in [0.2, 0.25) is 0 Å². The molecular formula is C17H19NO6. The SMILES string of the molecule is N[C@@H](CC(Oc1ccc2c(c1)C1=CCCCC1O2)C(=O)O)C(=O)O. The molecule has 0 spiro atoms. The Balaban J connectivity index is 1.79. The van der Waals surface area contributed by atoms with Gasteiger partial charge in [-0.05, 0) is 43.0 Å². The first-order chi connectivity index (χ1) is 11.5. The van der Waals surface area contributed by atoms with Gasteiger partial charge in [-0.15, -0.1) is 0 Å². The fraction of sp³-hybridized carbons (Fsp3) is 0.412. The lowest BCUT2D eigenvalue weighted by atomic mass is 9.93. The Bertz CT molecular complexity index is 698. The first kappa shape index (κ1) is 16.3. The zero-order chi connectivity index (χ0) is 17.3. The largest absolute Gasteiger partial charge is 0.485 e. The molecule has 0 bridgehead atoms. The van der Waals surface area contributed by atoms with Crippen LogP contribution in [-0.4, -0.2) is 40.4 Å². The van der Waals surface area contributed by atoms with Crippen molar-refractivity contribution in [1.82, 2.24) is 0 Å². The van der Waals surface area contributed by atoms with E-state index in [0.29, 0.717) is 5.75 Å². The number of fused-ring (bicyclic) bond motifs is 3. The van der Waals surface area contributed by atoms with Gasteiger partial charge in [0, 0.05) is 12.0 Å². The molecule has 1 aromatic rings. The molecule has 2 unspecified atom stereocenters. The first-order valence-electron chi connectivity index (χ1n) is 7.84. The molecule has 3 rings (SSSR count). The third kappa shape index (κ3) is 3.21. The highest BCUT2D eigenvalue weighted by Crippen LogP contribution is 2.43. The third-order valence-corrected chi connectivity index (χ3v) is 4.25. The number of rotatable bonds is 6. The molecule has 0 saturated carbocycles. The molecule has 1 aromatic carbocycles. The van der Waals surface area contributed by atoms with E-state index < -0.39 is 24.1 Å². The summed E-state index contributed by atoms with van der Waals surface area (Å²) in [5.41, 5.74) is 7.43. The molecule has 3 atom stereocenters. The molecule has 1 aliphatic carbocycles. The third-order valence-electron chi connectivity index (χ3n) is 4.25. The number of carboxylic acid groups (broad SMARTS) is 2. The Morgan fingerprint density at radius 2 is 2.12 bits per heavy atom. The van der Waals surface area contributed by atoms with Gasteiger partial charge in [-0.2, -0.15) is 0 Å². The maximum Gasteiger partial charge on any atom is 0.344 e. The number of nitrogens with two attached hydrogens (primary N) is 1. The van der Waals surface area contributed by atoms with E-state index in [-0.39, 0.29) is 12.5 Å². The highest BCUT2D eigenvalue weighted by atomic mass is 16.5. The van der Waals surface area contributed by atoms with Crippen molar-refractivity contribution in [3.8, 4) is 11.5 Å². The van der Waals surface area contributed by atoms with E-state index >= 15 is 0 Å². The predicted molar refractivity (Wildman–Crippen MR) is 85.0 cm³/mol. The van der Waals surface area contributed by atoms with E-state index in [0.717, 1.165) is 36.1 Å². The Labute approximate surface area is 138 Å². The van der Waals surface area contributed by atoms with Crippen LogP contribution in [0.2, 0.25) is 0 Å². The predicted octanol–water partition coefficient (Wildman–Crippen LogP) is 1.65. The molecule has 0 aromatic heterocycles. The fourth-order valence-corrected chi connectivity index (χ4v) is 3.01. The number of hydrogen-bond acceptors (Lipinski definition) is 5. The van der Waals surface area contributed by atoms with Gasteiger partial charge >= 0.3 is 11.9 Å². The summed E-state index contributed by atoms with van der Waals surface area (Å²) in [5.74, 6) is -1.40. The van der Waals surface area contributed by atoms with Crippen molar-refractivity contribution in [2.45, 2.75) is 43.9 Å². The van der Waals surface area contributed by atoms with Crippen molar-refractivity contribution in [2.75, 3.05) is 0 Å². The number of hydrogen-bond donors (Lipinski definition) is 3. The van der Waals surface area contributed by atoms with Crippen molar-refractivity contribution in [3.05, 3.63) is 29.8 Å². The summed E-state index contributed by atoms with van der Waals surface area (Å²) in [5, 5.41) is 18.1. The summed E-state index contributed by atoms with van der Waals surface area (Å²) in [6.45, 7) is 0. The Morgan fingerprint density at radius 3 is 2.83 bits per heavy atom. The molecule has 0 fully saturated rings. The van der Waals surface area contributed by atoms with Crippen LogP contribution in [-0.2, 0) is 9.59 Å². The number of ether oxygens (including phenoxy) is 2. The number of carboxylic acids is 2. The molecule has 0 saturated heterocycles. The van der Waals surface area contributed by atoms with E-state index in [1.54, 1.807) is 18.2 Å². The minimum atomic E-state index is -1.33. The van der Waals surface area contributed by atoms with E-state index in [1.165, 1.54) is 0 Å². The van der Waals surface area contributed by atoms with Gasteiger partial charge in [-0.3, -0.25) is 4.79 Å². The molecule has 24 heavy (non-hydrogen) atoms. The molecule has 7 nitrogen and oxygen atoms in total. The topological polar surface area (TPSA) is 119 Å². The highest BCUT2D eigenvalue weighted by molar-refractivity contribution is 5.79. The quantitative estimate of drug-likeness (QED) is 0.724. The maximum atomic E-state index is 11.3. The fourth-order valence-electron chi connectivity index (χ4n) is 3.01. The number of aliphatic carboxylic acids is 2. The number of allylic oxidation sites excluding steroid dienone is 1. The smallest absolute Gasteiger partial charge is 0.344 e. The van der Waals surface area contributed by atoms with Gasteiger partial charge in [0.25, 0.3) is 0 Å². The van der Waals surface area contributed by atoms with Gasteiger partial charge in [0.15, 0.2) is 6.10 Å². The van der Waals surface area contributed by atoms with E-state index in [4.69, 9.17) is 20.3 Å². The summed E-state index contributed by atoms with van der Waals surface area (Å²) >= 11 is 0. The molecule has 2 aliphatic rings. The molecular weight excluding hydrogens is 314 g/mol. The number of carbonyl (C=O) groups is 2. The van der Waals surface area contributed by atoms with Crippen LogP contribution < -0.4 is 15.2 Å². The monoisotopic (exact) mass is 333 g/mol. The number of benzene rings is 1. The normalized spacial score (nSPS) is 20.9. The van der Waals surface area contributed by atoms with Crippen molar-refractivity contribution in [2.24, 2.45) is 5.73 Å². The van der Waals surface area contributed by atoms with E-state index in [2.05, 4.69) is 6.08 Å². The molecule has 128 valence electrons. The average molecular weight is 333 g/mol. The average Bonchev–Trinajstić information content (AvgIpc) is 2.92. The van der Waals surface area contributed by atoms with Crippen LogP contribution in [0.4, 0.5) is 0 Å². The summed E-state index contributed by atoms with van der Waals surface area (Å²) in [7, 11) is 0. The summed E-state index contributed by atoms with van der Waals surface area (Å²) in [6.07, 6.45) is 3.59. The lowest BCUT2D eigenvalue weighted by Crippen LogP contribution is -2.39. The molecule has 7 heteroatoms. The van der Waals surface area contributed by atoms with Crippen LogP contribution in [0.5, 0.6) is 11.5 Å².